The lowest BCUT2D eigenvalue weighted by atomic mass is 9.93. The Morgan fingerprint density at radius 2 is 2.02 bits per heavy atom. The number of piperidine rings is 1. The van der Waals surface area contributed by atoms with E-state index in [0.717, 1.165) is 68.1 Å². The number of pyridine rings is 1. The van der Waals surface area contributed by atoms with E-state index in [-0.39, 0.29) is 24.4 Å². The highest BCUT2D eigenvalue weighted by Crippen LogP contribution is 2.40. The number of benzene rings is 2. The van der Waals surface area contributed by atoms with Gasteiger partial charge in [0.15, 0.2) is 11.3 Å². The smallest absolute Gasteiger partial charge is 0.246 e. The van der Waals surface area contributed by atoms with Gasteiger partial charge < -0.3 is 14.7 Å². The molecule has 0 bridgehead atoms. The molecule has 4 heterocycles. The molecule has 0 radical (unpaired) electrons. The molecule has 42 heavy (non-hydrogen) atoms. The predicted octanol–water partition coefficient (Wildman–Crippen LogP) is 5.30. The molecule has 2 aromatic heterocycles. The van der Waals surface area contributed by atoms with Gasteiger partial charge in [-0.3, -0.25) is 4.79 Å². The van der Waals surface area contributed by atoms with E-state index in [2.05, 4.69) is 61.7 Å². The van der Waals surface area contributed by atoms with Crippen LogP contribution in [-0.4, -0.2) is 81.5 Å². The highest BCUT2D eigenvalue weighted by molar-refractivity contribution is 6.31. The van der Waals surface area contributed by atoms with Gasteiger partial charge in [0.2, 0.25) is 5.91 Å². The molecule has 2 saturated heterocycles. The van der Waals surface area contributed by atoms with E-state index in [9.17, 15) is 10.1 Å². The maximum absolute atomic E-state index is 12.5. The number of aryl methyl sites for hydroxylation is 1. The Morgan fingerprint density at radius 1 is 1.24 bits per heavy atom. The van der Waals surface area contributed by atoms with Crippen LogP contribution < -0.4 is 4.90 Å². The first-order valence-electron chi connectivity index (χ1n) is 14.4. The number of rotatable bonds is 6. The van der Waals surface area contributed by atoms with Crippen LogP contribution in [0.1, 0.15) is 36.4 Å². The Kier molecular flexibility index (Phi) is 7.37. The molecule has 10 heteroatoms. The van der Waals surface area contributed by atoms with Gasteiger partial charge in [-0.25, -0.2) is 9.67 Å². The molecule has 2 aromatic carbocycles. The fraction of sp³-hybridized carbons (Fsp3) is 0.406. The number of carbonyl (C=O) groups excluding carboxylic acids is 1. The topological polar surface area (TPSA) is 94.2 Å². The molecule has 0 aliphatic carbocycles. The van der Waals surface area contributed by atoms with E-state index in [1.807, 2.05) is 23.7 Å². The third-order valence-electron chi connectivity index (χ3n) is 9.00. The van der Waals surface area contributed by atoms with Crippen molar-refractivity contribution in [3.8, 4) is 17.2 Å². The molecule has 2 fully saturated rings. The Morgan fingerprint density at radius 3 is 2.74 bits per heavy atom. The van der Waals surface area contributed by atoms with Gasteiger partial charge >= 0.3 is 0 Å². The number of halogens is 1. The molecule has 2 aliphatic heterocycles. The first-order valence-corrected chi connectivity index (χ1v) is 14.8. The number of nitriles is 1. The molecular weight excluding hydrogens is 548 g/mol. The number of aromatic nitrogens is 4. The fourth-order valence-corrected chi connectivity index (χ4v) is 6.59. The summed E-state index contributed by atoms with van der Waals surface area (Å²) in [6.45, 7) is 10.1. The fourth-order valence-electron chi connectivity index (χ4n) is 6.42. The van der Waals surface area contributed by atoms with E-state index in [4.69, 9.17) is 26.9 Å². The van der Waals surface area contributed by atoms with Crippen LogP contribution in [0, 0.1) is 25.2 Å². The van der Waals surface area contributed by atoms with Gasteiger partial charge in [0, 0.05) is 42.1 Å². The minimum atomic E-state index is -0.207. The number of nitrogens with zero attached hydrogens (tertiary/aromatic N) is 8. The summed E-state index contributed by atoms with van der Waals surface area (Å²) < 4.78 is 2.02. The summed E-state index contributed by atoms with van der Waals surface area (Å²) in [5.41, 5.74) is 6.95. The first-order chi connectivity index (χ1) is 20.2. The average Bonchev–Trinajstić information content (AvgIpc) is 3.39. The number of hydrogen-bond acceptors (Lipinski definition) is 7. The molecule has 4 aromatic rings. The van der Waals surface area contributed by atoms with Gasteiger partial charge in [0.05, 0.1) is 24.0 Å². The van der Waals surface area contributed by atoms with Crippen molar-refractivity contribution >= 4 is 45.3 Å². The van der Waals surface area contributed by atoms with Crippen LogP contribution in [0.15, 0.2) is 43.0 Å². The molecule has 1 amide bonds. The highest BCUT2D eigenvalue weighted by Gasteiger charge is 2.35. The van der Waals surface area contributed by atoms with E-state index < -0.39 is 0 Å². The minimum Gasteiger partial charge on any atom is -0.351 e. The van der Waals surface area contributed by atoms with Crippen molar-refractivity contribution in [1.29, 1.82) is 5.26 Å². The molecule has 0 unspecified atom stereocenters. The van der Waals surface area contributed by atoms with Crippen molar-refractivity contribution < 1.29 is 4.79 Å². The summed E-state index contributed by atoms with van der Waals surface area (Å²) in [6.07, 6.45) is 2.93. The Balaban J connectivity index is 1.51. The van der Waals surface area contributed by atoms with Crippen molar-refractivity contribution in [2.24, 2.45) is 0 Å². The van der Waals surface area contributed by atoms with Crippen LogP contribution in [-0.2, 0) is 4.79 Å². The van der Waals surface area contributed by atoms with Crippen molar-refractivity contribution in [3.05, 3.63) is 59.1 Å². The molecule has 0 N–H and O–H groups in total. The van der Waals surface area contributed by atoms with Crippen LogP contribution in [0.5, 0.6) is 0 Å². The minimum absolute atomic E-state index is 0.0123. The maximum Gasteiger partial charge on any atom is 0.246 e. The summed E-state index contributed by atoms with van der Waals surface area (Å²) in [5.74, 6) is 0.703. The summed E-state index contributed by atoms with van der Waals surface area (Å²) in [7, 11) is 4.20. The molecular formula is C32H35ClN8O. The lowest BCUT2D eigenvalue weighted by Gasteiger charge is -2.43. The SMILES string of the molecule is C=CC(=O)N1CC[C@H](n2nnc3c(N4CC(N(C)C)C4)nc4cc(-c5cccc(Cl)c5C)c(C)cc4c32)C[C@H]1CC#N. The van der Waals surface area contributed by atoms with Crippen LogP contribution in [0.4, 0.5) is 5.82 Å². The second-order valence-corrected chi connectivity index (χ2v) is 12.1. The van der Waals surface area contributed by atoms with E-state index in [1.54, 1.807) is 4.90 Å². The van der Waals surface area contributed by atoms with Gasteiger partial charge in [-0.1, -0.05) is 35.5 Å². The van der Waals surface area contributed by atoms with Crippen molar-refractivity contribution in [3.63, 3.8) is 0 Å². The number of hydrogen-bond donors (Lipinski definition) is 0. The number of carbonyl (C=O) groups is 1. The van der Waals surface area contributed by atoms with Gasteiger partial charge in [-0.05, 0) is 87.3 Å². The standard InChI is InChI=1S/C32H35ClN8O/c1-6-29(42)40-13-11-22(15-21(40)10-12-34)41-31-26-14-19(2)25(24-8-7-9-27(33)20(24)3)16-28(26)35-32(30(31)36-37-41)39-17-23(18-39)38(4)5/h6-9,14,16,21-23H,1,10-11,13,15,17-18H2,2-5H3/t21-,22+/m1/s1. The zero-order valence-electron chi connectivity index (χ0n) is 24.5. The lowest BCUT2D eigenvalue weighted by molar-refractivity contribution is -0.130. The highest BCUT2D eigenvalue weighted by atomic mass is 35.5. The van der Waals surface area contributed by atoms with Crippen molar-refractivity contribution in [2.45, 2.75) is 51.2 Å². The molecule has 0 spiro atoms. The molecule has 2 atom stereocenters. The normalized spacial score (nSPS) is 19.4. The lowest BCUT2D eigenvalue weighted by Crippen LogP contribution is -2.57. The van der Waals surface area contributed by atoms with Crippen molar-refractivity contribution in [1.82, 2.24) is 29.8 Å². The number of amides is 1. The summed E-state index contributed by atoms with van der Waals surface area (Å²) in [5, 5.41) is 20.7. The Labute approximate surface area is 251 Å². The first kappa shape index (κ1) is 28.1. The molecule has 216 valence electrons. The Hall–Kier alpha value is -4.00. The van der Waals surface area contributed by atoms with Crippen LogP contribution in [0.25, 0.3) is 33.1 Å². The van der Waals surface area contributed by atoms with E-state index in [0.29, 0.717) is 25.4 Å². The van der Waals surface area contributed by atoms with Gasteiger partial charge in [0.25, 0.3) is 0 Å². The quantitative estimate of drug-likeness (QED) is 0.285. The second-order valence-electron chi connectivity index (χ2n) is 11.7. The number of anilines is 1. The van der Waals surface area contributed by atoms with Crippen LogP contribution in [0.3, 0.4) is 0 Å². The van der Waals surface area contributed by atoms with Crippen LogP contribution in [0.2, 0.25) is 5.02 Å². The number of fused-ring (bicyclic) bond motifs is 3. The number of likely N-dealkylation sites (tertiary alicyclic amines) is 1. The zero-order chi connectivity index (χ0) is 29.7. The van der Waals surface area contributed by atoms with E-state index >= 15 is 0 Å². The monoisotopic (exact) mass is 582 g/mol. The summed E-state index contributed by atoms with van der Waals surface area (Å²) in [6, 6.07) is 12.9. The van der Waals surface area contributed by atoms with Gasteiger partial charge in [-0.15, -0.1) is 5.10 Å². The maximum atomic E-state index is 12.5. The molecule has 6 rings (SSSR count). The van der Waals surface area contributed by atoms with Gasteiger partial charge in [-0.2, -0.15) is 5.26 Å². The average molecular weight is 583 g/mol. The molecule has 2 aliphatic rings. The third-order valence-corrected chi connectivity index (χ3v) is 9.41. The zero-order valence-corrected chi connectivity index (χ0v) is 25.3. The van der Waals surface area contributed by atoms with Crippen LogP contribution >= 0.6 is 11.6 Å². The van der Waals surface area contributed by atoms with E-state index in [1.165, 1.54) is 6.08 Å². The Bertz CT molecular complexity index is 1750. The number of likely N-dealkylation sites (N-methyl/N-ethyl adjacent to an activating group) is 1. The van der Waals surface area contributed by atoms with Gasteiger partial charge in [0.1, 0.15) is 5.52 Å². The second kappa shape index (κ2) is 11.0. The summed E-state index contributed by atoms with van der Waals surface area (Å²) >= 11 is 6.51. The molecule has 9 nitrogen and oxygen atoms in total. The molecule has 0 saturated carbocycles. The third kappa shape index (κ3) is 4.69. The summed E-state index contributed by atoms with van der Waals surface area (Å²) in [4.78, 5) is 24.0. The van der Waals surface area contributed by atoms with Crippen molar-refractivity contribution in [2.75, 3.05) is 38.6 Å². The predicted molar refractivity (Wildman–Crippen MR) is 167 cm³/mol. The largest absolute Gasteiger partial charge is 0.351 e.